The zero-order valence-electron chi connectivity index (χ0n) is 15.0. The topological polar surface area (TPSA) is 45.6 Å². The molecule has 25 heavy (non-hydrogen) atoms. The molecule has 0 aliphatic carbocycles. The number of aromatic nitrogens is 1. The predicted octanol–water partition coefficient (Wildman–Crippen LogP) is 3.40. The lowest BCUT2D eigenvalue weighted by atomic mass is 9.87. The Morgan fingerprint density at radius 1 is 1.16 bits per heavy atom. The summed E-state index contributed by atoms with van der Waals surface area (Å²) in [6.07, 6.45) is 7.58. The van der Waals surface area contributed by atoms with Gasteiger partial charge in [-0.3, -0.25) is 9.88 Å². The lowest BCUT2D eigenvalue weighted by molar-refractivity contribution is -0.0268. The largest absolute Gasteiger partial charge is 0.497 e. The van der Waals surface area contributed by atoms with E-state index in [2.05, 4.69) is 22.0 Å². The Morgan fingerprint density at radius 2 is 1.88 bits per heavy atom. The van der Waals surface area contributed by atoms with Crippen molar-refractivity contribution in [2.24, 2.45) is 0 Å². The maximum Gasteiger partial charge on any atom is 0.118 e. The molecule has 0 unspecified atom stereocenters. The second kappa shape index (κ2) is 7.81. The first kappa shape index (κ1) is 17.6. The molecule has 1 aliphatic heterocycles. The van der Waals surface area contributed by atoms with Crippen molar-refractivity contribution in [3.05, 3.63) is 65.5 Å². The van der Waals surface area contributed by atoms with Crippen molar-refractivity contribution < 1.29 is 9.84 Å². The number of methoxy groups -OCH3 is 1. The number of rotatable bonds is 5. The summed E-state index contributed by atoms with van der Waals surface area (Å²) in [6, 6.07) is 12.0. The van der Waals surface area contributed by atoms with Gasteiger partial charge in [-0.1, -0.05) is 30.4 Å². The second-order valence-corrected chi connectivity index (χ2v) is 6.73. The van der Waals surface area contributed by atoms with E-state index >= 15 is 0 Å². The zero-order valence-corrected chi connectivity index (χ0v) is 15.0. The lowest BCUT2D eigenvalue weighted by Crippen LogP contribution is -2.43. The third-order valence-electron chi connectivity index (χ3n) is 4.86. The van der Waals surface area contributed by atoms with E-state index in [4.69, 9.17) is 4.74 Å². The maximum atomic E-state index is 10.9. The molecule has 1 N–H and O–H groups in total. The van der Waals surface area contributed by atoms with Crippen LogP contribution in [0.3, 0.4) is 0 Å². The molecule has 0 amide bonds. The Hall–Kier alpha value is -2.17. The van der Waals surface area contributed by atoms with E-state index in [1.54, 1.807) is 7.11 Å². The van der Waals surface area contributed by atoms with Gasteiger partial charge in [0.2, 0.25) is 0 Å². The van der Waals surface area contributed by atoms with E-state index in [1.807, 2.05) is 49.5 Å². The van der Waals surface area contributed by atoms with Crippen LogP contribution in [0, 0.1) is 6.92 Å². The molecule has 4 nitrogen and oxygen atoms in total. The number of aryl methyl sites for hydroxylation is 1. The molecule has 1 aromatic heterocycles. The number of benzene rings is 1. The van der Waals surface area contributed by atoms with Crippen LogP contribution in [0.2, 0.25) is 0 Å². The Balaban J connectivity index is 1.51. The summed E-state index contributed by atoms with van der Waals surface area (Å²) in [7, 11) is 1.68. The summed E-state index contributed by atoms with van der Waals surface area (Å²) >= 11 is 0. The molecule has 0 atom stereocenters. The minimum atomic E-state index is -0.788. The molecule has 132 valence electrons. The minimum Gasteiger partial charge on any atom is -0.497 e. The first-order valence-corrected chi connectivity index (χ1v) is 8.77. The fourth-order valence-electron chi connectivity index (χ4n) is 3.16. The van der Waals surface area contributed by atoms with Crippen molar-refractivity contribution >= 4 is 6.08 Å². The van der Waals surface area contributed by atoms with Crippen molar-refractivity contribution in [1.82, 2.24) is 9.88 Å². The van der Waals surface area contributed by atoms with Crippen molar-refractivity contribution in [1.29, 1.82) is 0 Å². The second-order valence-electron chi connectivity index (χ2n) is 6.73. The number of ether oxygens (including phenoxy) is 1. The highest BCUT2D eigenvalue weighted by atomic mass is 16.5. The van der Waals surface area contributed by atoms with E-state index in [0.29, 0.717) is 0 Å². The van der Waals surface area contributed by atoms with Gasteiger partial charge in [-0.2, -0.15) is 0 Å². The van der Waals surface area contributed by atoms with E-state index in [0.717, 1.165) is 55.0 Å². The highest BCUT2D eigenvalue weighted by Gasteiger charge is 2.34. The summed E-state index contributed by atoms with van der Waals surface area (Å²) in [6.45, 7) is 4.65. The van der Waals surface area contributed by atoms with Gasteiger partial charge in [-0.15, -0.1) is 0 Å². The molecule has 2 heterocycles. The number of aliphatic hydroxyl groups is 1. The molecule has 1 fully saturated rings. The molecule has 1 aliphatic rings. The number of hydrogen-bond acceptors (Lipinski definition) is 4. The fourth-order valence-corrected chi connectivity index (χ4v) is 3.16. The van der Waals surface area contributed by atoms with Crippen LogP contribution in [-0.4, -0.2) is 41.7 Å². The van der Waals surface area contributed by atoms with Crippen LogP contribution in [0.1, 0.15) is 29.7 Å². The van der Waals surface area contributed by atoms with Crippen LogP contribution in [0.25, 0.3) is 6.08 Å². The number of pyridine rings is 1. The number of hydrogen-bond donors (Lipinski definition) is 1. The molecule has 3 rings (SSSR count). The Bertz CT molecular complexity index is 700. The molecule has 0 bridgehead atoms. The number of likely N-dealkylation sites (tertiary alicyclic amines) is 1. The lowest BCUT2D eigenvalue weighted by Gasteiger charge is -2.37. The third kappa shape index (κ3) is 4.47. The van der Waals surface area contributed by atoms with Gasteiger partial charge < -0.3 is 9.84 Å². The molecule has 4 heteroatoms. The number of nitrogens with zero attached hydrogens (tertiary/aromatic N) is 2. The van der Waals surface area contributed by atoms with E-state index in [9.17, 15) is 5.11 Å². The van der Waals surface area contributed by atoms with Crippen LogP contribution in [0.4, 0.5) is 0 Å². The van der Waals surface area contributed by atoms with Crippen molar-refractivity contribution in [3.63, 3.8) is 0 Å². The zero-order chi connectivity index (χ0) is 17.7. The monoisotopic (exact) mass is 338 g/mol. The average Bonchev–Trinajstić information content (AvgIpc) is 2.64. The normalized spacial score (nSPS) is 17.7. The first-order valence-electron chi connectivity index (χ1n) is 8.77. The fraction of sp³-hybridized carbons (Fsp3) is 0.381. The summed E-state index contributed by atoms with van der Waals surface area (Å²) < 4.78 is 5.17. The summed E-state index contributed by atoms with van der Waals surface area (Å²) in [5.41, 5.74) is 2.29. The summed E-state index contributed by atoms with van der Waals surface area (Å²) in [5, 5.41) is 10.9. The minimum absolute atomic E-state index is 0.722. The van der Waals surface area contributed by atoms with Gasteiger partial charge in [0.1, 0.15) is 11.4 Å². The molecule has 1 saturated heterocycles. The van der Waals surface area contributed by atoms with Crippen LogP contribution in [-0.2, 0) is 5.60 Å². The SMILES string of the molecule is COc1ccc(C=CCN2CCC(O)(c3ccc(C)cn3)CC2)cc1. The highest BCUT2D eigenvalue weighted by Crippen LogP contribution is 2.31. The predicted molar refractivity (Wildman–Crippen MR) is 101 cm³/mol. The van der Waals surface area contributed by atoms with Gasteiger partial charge in [0, 0.05) is 25.8 Å². The van der Waals surface area contributed by atoms with Crippen LogP contribution in [0.5, 0.6) is 5.75 Å². The first-order chi connectivity index (χ1) is 12.1. The molecular formula is C21H26N2O2. The third-order valence-corrected chi connectivity index (χ3v) is 4.86. The maximum absolute atomic E-state index is 10.9. The molecule has 0 spiro atoms. The average molecular weight is 338 g/mol. The van der Waals surface area contributed by atoms with Gasteiger partial charge in [-0.25, -0.2) is 0 Å². The van der Waals surface area contributed by atoms with Crippen molar-refractivity contribution in [3.8, 4) is 5.75 Å². The molecule has 1 aromatic carbocycles. The molecule has 0 saturated carbocycles. The van der Waals surface area contributed by atoms with Crippen LogP contribution in [0.15, 0.2) is 48.7 Å². The smallest absolute Gasteiger partial charge is 0.118 e. The molecule has 0 radical (unpaired) electrons. The Kier molecular flexibility index (Phi) is 5.51. The quantitative estimate of drug-likeness (QED) is 0.908. The van der Waals surface area contributed by atoms with Crippen molar-refractivity contribution in [2.45, 2.75) is 25.4 Å². The molecule has 2 aromatic rings. The Labute approximate surface area is 149 Å². The van der Waals surface area contributed by atoms with Gasteiger partial charge in [-0.05, 0) is 49.1 Å². The Morgan fingerprint density at radius 3 is 2.48 bits per heavy atom. The van der Waals surface area contributed by atoms with Crippen LogP contribution < -0.4 is 4.74 Å². The number of piperidine rings is 1. The van der Waals surface area contributed by atoms with Gasteiger partial charge in [0.05, 0.1) is 12.8 Å². The highest BCUT2D eigenvalue weighted by molar-refractivity contribution is 5.50. The van der Waals surface area contributed by atoms with Crippen molar-refractivity contribution in [2.75, 3.05) is 26.7 Å². The standard InChI is InChI=1S/C21H26N2O2/c1-17-5-10-20(22-16-17)21(24)11-14-23(15-12-21)13-3-4-18-6-8-19(25-2)9-7-18/h3-10,16,24H,11-15H2,1-2H3. The van der Waals surface area contributed by atoms with E-state index in [-0.39, 0.29) is 0 Å². The van der Waals surface area contributed by atoms with Gasteiger partial charge >= 0.3 is 0 Å². The van der Waals surface area contributed by atoms with E-state index in [1.165, 1.54) is 0 Å². The van der Waals surface area contributed by atoms with E-state index < -0.39 is 5.60 Å². The summed E-state index contributed by atoms with van der Waals surface area (Å²) in [4.78, 5) is 6.79. The summed E-state index contributed by atoms with van der Waals surface area (Å²) in [5.74, 6) is 0.872. The van der Waals surface area contributed by atoms with Crippen LogP contribution >= 0.6 is 0 Å². The van der Waals surface area contributed by atoms with Gasteiger partial charge in [0.15, 0.2) is 0 Å². The van der Waals surface area contributed by atoms with Gasteiger partial charge in [0.25, 0.3) is 0 Å². The molecular weight excluding hydrogens is 312 g/mol.